The zero-order chi connectivity index (χ0) is 14.4. The van der Waals surface area contributed by atoms with Gasteiger partial charge in [-0.3, -0.25) is 4.79 Å². The zero-order valence-corrected chi connectivity index (χ0v) is 12.8. The van der Waals surface area contributed by atoms with Gasteiger partial charge in [0, 0.05) is 22.9 Å². The number of pyridine rings is 1. The molecular formula is C15H16N2OS2. The number of H-pyrrole nitrogens is 1. The van der Waals surface area contributed by atoms with E-state index in [0.717, 1.165) is 0 Å². The van der Waals surface area contributed by atoms with Crippen LogP contribution in [0.2, 0.25) is 0 Å². The minimum absolute atomic E-state index is 0.132. The van der Waals surface area contributed by atoms with Gasteiger partial charge in [-0.2, -0.15) is 0 Å². The van der Waals surface area contributed by atoms with Crippen molar-refractivity contribution >= 4 is 29.9 Å². The molecule has 0 aliphatic carbocycles. The number of amides is 1. The minimum Gasteiger partial charge on any atom is -0.352 e. The maximum atomic E-state index is 12.0. The van der Waals surface area contributed by atoms with Crippen molar-refractivity contribution in [3.05, 3.63) is 58.9 Å². The highest BCUT2D eigenvalue weighted by Gasteiger charge is 2.10. The van der Waals surface area contributed by atoms with Crippen LogP contribution in [0.4, 0.5) is 0 Å². The second kappa shape index (κ2) is 7.26. The molecule has 2 rings (SSSR count). The largest absolute Gasteiger partial charge is 0.352 e. The van der Waals surface area contributed by atoms with Crippen molar-refractivity contribution in [2.24, 2.45) is 0 Å². The third kappa shape index (κ3) is 4.21. The number of hydrogen-bond donors (Lipinski definition) is 2. The molecule has 104 valence electrons. The van der Waals surface area contributed by atoms with Crippen molar-refractivity contribution < 1.29 is 4.79 Å². The van der Waals surface area contributed by atoms with E-state index in [-0.39, 0.29) is 5.91 Å². The van der Waals surface area contributed by atoms with Crippen LogP contribution >= 0.6 is 24.0 Å². The SMILES string of the molecule is C[C@H](CNC(=O)c1ccc[nH]c1=S)Sc1ccccc1. The Balaban J connectivity index is 1.88. The summed E-state index contributed by atoms with van der Waals surface area (Å²) in [5.41, 5.74) is 0.513. The third-order valence-electron chi connectivity index (χ3n) is 2.69. The lowest BCUT2D eigenvalue weighted by atomic mass is 10.2. The van der Waals surface area contributed by atoms with Gasteiger partial charge in [0.1, 0.15) is 4.64 Å². The smallest absolute Gasteiger partial charge is 0.254 e. The molecule has 1 aromatic carbocycles. The Kier molecular flexibility index (Phi) is 5.38. The van der Waals surface area contributed by atoms with Crippen LogP contribution in [0.1, 0.15) is 17.3 Å². The lowest BCUT2D eigenvalue weighted by Gasteiger charge is -2.12. The maximum Gasteiger partial charge on any atom is 0.254 e. The second-order valence-electron chi connectivity index (χ2n) is 4.36. The van der Waals surface area contributed by atoms with Gasteiger partial charge in [0.2, 0.25) is 0 Å². The van der Waals surface area contributed by atoms with E-state index in [1.807, 2.05) is 18.2 Å². The number of benzene rings is 1. The van der Waals surface area contributed by atoms with E-state index in [1.165, 1.54) is 4.90 Å². The summed E-state index contributed by atoms with van der Waals surface area (Å²) in [6.07, 6.45) is 1.72. The van der Waals surface area contributed by atoms with Crippen molar-refractivity contribution in [2.75, 3.05) is 6.54 Å². The standard InChI is InChI=1S/C15H16N2OS2/c1-11(20-12-6-3-2-4-7-12)10-17-14(18)13-8-5-9-16-15(13)19/h2-9,11H,10H2,1H3,(H,16,19)(H,17,18)/t11-/m1/s1. The van der Waals surface area contributed by atoms with Gasteiger partial charge >= 0.3 is 0 Å². The number of aromatic amines is 1. The summed E-state index contributed by atoms with van der Waals surface area (Å²) < 4.78 is 0.466. The van der Waals surface area contributed by atoms with Gasteiger partial charge in [-0.05, 0) is 24.3 Å². The molecule has 0 saturated carbocycles. The molecule has 0 saturated heterocycles. The maximum absolute atomic E-state index is 12.0. The number of rotatable bonds is 5. The molecule has 0 radical (unpaired) electrons. The van der Waals surface area contributed by atoms with Gasteiger partial charge in [0.05, 0.1) is 5.56 Å². The molecule has 1 amide bonds. The quantitative estimate of drug-likeness (QED) is 0.654. The summed E-state index contributed by atoms with van der Waals surface area (Å²) in [5.74, 6) is -0.132. The second-order valence-corrected chi connectivity index (χ2v) is 6.28. The predicted octanol–water partition coefficient (Wildman–Crippen LogP) is 3.65. The van der Waals surface area contributed by atoms with Crippen molar-refractivity contribution in [1.82, 2.24) is 10.3 Å². The van der Waals surface area contributed by atoms with Crippen LogP contribution in [-0.2, 0) is 0 Å². The van der Waals surface area contributed by atoms with Crippen LogP contribution in [0.25, 0.3) is 0 Å². The number of thioether (sulfide) groups is 1. The first kappa shape index (κ1) is 14.8. The van der Waals surface area contributed by atoms with Crippen molar-refractivity contribution in [3.63, 3.8) is 0 Å². The third-order valence-corrected chi connectivity index (χ3v) is 4.14. The van der Waals surface area contributed by atoms with Crippen LogP contribution in [0.3, 0.4) is 0 Å². The molecule has 1 heterocycles. The lowest BCUT2D eigenvalue weighted by Crippen LogP contribution is -2.29. The molecule has 0 aliphatic rings. The highest BCUT2D eigenvalue weighted by atomic mass is 32.2. The molecule has 5 heteroatoms. The summed E-state index contributed by atoms with van der Waals surface area (Å²) in [5, 5.41) is 3.21. The normalized spacial score (nSPS) is 11.8. The van der Waals surface area contributed by atoms with Crippen molar-refractivity contribution in [3.8, 4) is 0 Å². The Morgan fingerprint density at radius 2 is 2.05 bits per heavy atom. The molecule has 0 unspecified atom stereocenters. The summed E-state index contributed by atoms with van der Waals surface area (Å²) >= 11 is 6.83. The van der Waals surface area contributed by atoms with Crippen LogP contribution in [-0.4, -0.2) is 22.7 Å². The predicted molar refractivity (Wildman–Crippen MR) is 85.7 cm³/mol. The lowest BCUT2D eigenvalue weighted by molar-refractivity contribution is 0.0953. The monoisotopic (exact) mass is 304 g/mol. The Morgan fingerprint density at radius 1 is 1.30 bits per heavy atom. The Bertz CT molecular complexity index is 625. The van der Waals surface area contributed by atoms with E-state index in [1.54, 1.807) is 30.1 Å². The number of carbonyl (C=O) groups excluding carboxylic acids is 1. The molecule has 1 aromatic heterocycles. The number of nitrogens with one attached hydrogen (secondary N) is 2. The fraction of sp³-hybridized carbons (Fsp3) is 0.200. The first-order valence-corrected chi connectivity index (χ1v) is 7.63. The van der Waals surface area contributed by atoms with Gasteiger partial charge in [-0.25, -0.2) is 0 Å². The summed E-state index contributed by atoms with van der Waals surface area (Å²) in [7, 11) is 0. The van der Waals surface area contributed by atoms with Gasteiger partial charge in [0.15, 0.2) is 0 Å². The van der Waals surface area contributed by atoms with E-state index < -0.39 is 0 Å². The molecule has 1 atom stereocenters. The molecule has 20 heavy (non-hydrogen) atoms. The van der Waals surface area contributed by atoms with Crippen LogP contribution in [0, 0.1) is 4.64 Å². The molecule has 3 nitrogen and oxygen atoms in total. The highest BCUT2D eigenvalue weighted by molar-refractivity contribution is 8.00. The molecule has 0 fully saturated rings. The fourth-order valence-electron chi connectivity index (χ4n) is 1.71. The van der Waals surface area contributed by atoms with E-state index in [4.69, 9.17) is 12.2 Å². The fourth-order valence-corrected chi connectivity index (χ4v) is 2.88. The Morgan fingerprint density at radius 3 is 2.75 bits per heavy atom. The van der Waals surface area contributed by atoms with E-state index in [9.17, 15) is 4.79 Å². The molecule has 0 aliphatic heterocycles. The summed E-state index contributed by atoms with van der Waals surface area (Å²) in [6, 6.07) is 13.6. The minimum atomic E-state index is -0.132. The van der Waals surface area contributed by atoms with E-state index in [0.29, 0.717) is 22.0 Å². The van der Waals surface area contributed by atoms with Crippen LogP contribution in [0.5, 0.6) is 0 Å². The van der Waals surface area contributed by atoms with E-state index >= 15 is 0 Å². The first-order valence-electron chi connectivity index (χ1n) is 6.34. The number of aromatic nitrogens is 1. The van der Waals surface area contributed by atoms with Gasteiger partial charge in [-0.15, -0.1) is 11.8 Å². The molecular weight excluding hydrogens is 288 g/mol. The average Bonchev–Trinajstić information content (AvgIpc) is 2.46. The average molecular weight is 304 g/mol. The molecule has 2 aromatic rings. The zero-order valence-electron chi connectivity index (χ0n) is 11.1. The topological polar surface area (TPSA) is 44.9 Å². The number of carbonyl (C=O) groups is 1. The highest BCUT2D eigenvalue weighted by Crippen LogP contribution is 2.21. The molecule has 0 bridgehead atoms. The van der Waals surface area contributed by atoms with Crippen molar-refractivity contribution in [2.45, 2.75) is 17.1 Å². The summed E-state index contributed by atoms with van der Waals surface area (Å²) in [4.78, 5) is 16.1. The summed E-state index contributed by atoms with van der Waals surface area (Å²) in [6.45, 7) is 2.69. The Hall–Kier alpha value is -1.59. The van der Waals surface area contributed by atoms with Gasteiger partial charge in [0.25, 0.3) is 5.91 Å². The van der Waals surface area contributed by atoms with Crippen molar-refractivity contribution in [1.29, 1.82) is 0 Å². The van der Waals surface area contributed by atoms with Gasteiger partial charge in [-0.1, -0.05) is 37.3 Å². The van der Waals surface area contributed by atoms with Gasteiger partial charge < -0.3 is 10.3 Å². The van der Waals surface area contributed by atoms with E-state index in [2.05, 4.69) is 29.4 Å². The molecule has 2 N–H and O–H groups in total. The van der Waals surface area contributed by atoms with Crippen LogP contribution in [0.15, 0.2) is 53.6 Å². The van der Waals surface area contributed by atoms with Crippen LogP contribution < -0.4 is 5.32 Å². The number of hydrogen-bond acceptors (Lipinski definition) is 3. The first-order chi connectivity index (χ1) is 9.66. The molecule has 0 spiro atoms. The Labute approximate surface area is 127 Å².